The van der Waals surface area contributed by atoms with Gasteiger partial charge in [-0.2, -0.15) is 0 Å². The Morgan fingerprint density at radius 2 is 1.13 bits per heavy atom. The molecular weight excluding hydrogens is 455 g/mol. The second-order valence-electron chi connectivity index (χ2n) is 3.86. The third-order valence-electron chi connectivity index (χ3n) is 2.23. The van der Waals surface area contributed by atoms with Gasteiger partial charge in [-0.1, -0.05) is 29.3 Å². The van der Waals surface area contributed by atoms with Crippen molar-refractivity contribution in [2.24, 2.45) is 0 Å². The van der Waals surface area contributed by atoms with Gasteiger partial charge in [0, 0.05) is 12.4 Å². The molecule has 0 bridgehead atoms. The molecule has 0 amide bonds. The maximum Gasteiger partial charge on any atom is 2.00 e. The van der Waals surface area contributed by atoms with E-state index in [9.17, 15) is 0 Å². The number of hydrogen-bond acceptors (Lipinski definition) is 2. The van der Waals surface area contributed by atoms with Crippen LogP contribution in [0.4, 0.5) is 0 Å². The van der Waals surface area contributed by atoms with Crippen molar-refractivity contribution in [2.75, 3.05) is 24.6 Å². The summed E-state index contributed by atoms with van der Waals surface area (Å²) in [5.41, 5.74) is 2.45. The number of hydrogen-bond donors (Lipinski definition) is 0. The van der Waals surface area contributed by atoms with Crippen molar-refractivity contribution in [1.82, 2.24) is 9.97 Å². The molecule has 2 nitrogen and oxygen atoms in total. The van der Waals surface area contributed by atoms with Crippen LogP contribution in [0, 0.1) is 0 Å². The van der Waals surface area contributed by atoms with Crippen LogP contribution in [0.3, 0.4) is 0 Å². The Kier molecular flexibility index (Phi) is 26.6. The second-order valence-corrected chi connectivity index (χ2v) is 7.75. The SMILES string of the molecule is PCCPc1ccccn1.PCCPc1ccccn1.[Cl-].[Cl-].[Cu+2]. The van der Waals surface area contributed by atoms with Crippen molar-refractivity contribution < 1.29 is 41.9 Å². The van der Waals surface area contributed by atoms with E-state index in [-0.39, 0.29) is 41.9 Å². The zero-order chi connectivity index (χ0) is 14.5. The van der Waals surface area contributed by atoms with Gasteiger partial charge in [0.05, 0.1) is 10.9 Å². The number of halogens is 2. The summed E-state index contributed by atoms with van der Waals surface area (Å²) < 4.78 is 0. The Hall–Kier alpha value is 1.12. The van der Waals surface area contributed by atoms with Crippen molar-refractivity contribution >= 4 is 46.5 Å². The van der Waals surface area contributed by atoms with Gasteiger partial charge in [0.1, 0.15) is 0 Å². The molecule has 133 valence electrons. The molecule has 0 saturated carbocycles. The number of aromatic nitrogens is 2. The van der Waals surface area contributed by atoms with Gasteiger partial charge in [-0.15, -0.1) is 18.5 Å². The van der Waals surface area contributed by atoms with Gasteiger partial charge >= 0.3 is 17.1 Å². The maximum atomic E-state index is 4.22. The van der Waals surface area contributed by atoms with Crippen molar-refractivity contribution in [3.05, 3.63) is 48.8 Å². The molecule has 0 saturated heterocycles. The molecular formula is C14H22Cl2CuN2P4. The van der Waals surface area contributed by atoms with Gasteiger partial charge in [-0.05, 0) is 48.9 Å². The second kappa shape index (κ2) is 21.2. The number of pyridine rings is 2. The van der Waals surface area contributed by atoms with Crippen LogP contribution in [0.15, 0.2) is 48.8 Å². The van der Waals surface area contributed by atoms with E-state index in [1.165, 1.54) is 35.5 Å². The normalized spacial score (nSPS) is 9.48. The summed E-state index contributed by atoms with van der Waals surface area (Å²) in [6, 6.07) is 12.1. The predicted octanol–water partition coefficient (Wildman–Crippen LogP) is -3.47. The first-order valence-electron chi connectivity index (χ1n) is 6.56. The van der Waals surface area contributed by atoms with Crippen molar-refractivity contribution in [3.8, 4) is 0 Å². The van der Waals surface area contributed by atoms with E-state index in [1.54, 1.807) is 0 Å². The third-order valence-corrected chi connectivity index (χ3v) is 6.36. The van der Waals surface area contributed by atoms with E-state index in [0.717, 1.165) is 17.2 Å². The standard InChI is InChI=1S/2C7H11NP2.2ClH.Cu/c2*9-5-6-10-7-3-1-2-4-8-7;;;/h2*1-4,10H,5-6,9H2;2*1H;/q;;;;+2/p-2. The van der Waals surface area contributed by atoms with Gasteiger partial charge in [-0.3, -0.25) is 9.97 Å². The van der Waals surface area contributed by atoms with Crippen molar-refractivity contribution in [3.63, 3.8) is 0 Å². The molecule has 0 aliphatic rings. The van der Waals surface area contributed by atoms with Gasteiger partial charge in [0.25, 0.3) is 0 Å². The maximum absolute atomic E-state index is 4.22. The Balaban J connectivity index is -0.000000308. The Morgan fingerprint density at radius 1 is 0.739 bits per heavy atom. The van der Waals surface area contributed by atoms with Crippen LogP contribution >= 0.6 is 35.6 Å². The van der Waals surface area contributed by atoms with Crippen LogP contribution < -0.4 is 35.7 Å². The number of rotatable bonds is 6. The molecule has 0 aromatic carbocycles. The molecule has 0 spiro atoms. The monoisotopic (exact) mass is 475 g/mol. The molecule has 0 N–H and O–H groups in total. The molecule has 9 heteroatoms. The first kappa shape index (κ1) is 28.9. The minimum Gasteiger partial charge on any atom is -1.00 e. The fourth-order valence-corrected chi connectivity index (χ4v) is 3.76. The molecule has 4 unspecified atom stereocenters. The average Bonchev–Trinajstić information content (AvgIpc) is 2.53. The molecule has 2 heterocycles. The zero-order valence-electron chi connectivity index (χ0n) is 12.6. The van der Waals surface area contributed by atoms with Crippen LogP contribution in [0.1, 0.15) is 0 Å². The predicted molar refractivity (Wildman–Crippen MR) is 103 cm³/mol. The van der Waals surface area contributed by atoms with Gasteiger partial charge in [-0.25, -0.2) is 0 Å². The smallest absolute Gasteiger partial charge is 1.00 e. The fourth-order valence-electron chi connectivity index (χ4n) is 1.34. The molecule has 0 aliphatic carbocycles. The Labute approximate surface area is 171 Å². The van der Waals surface area contributed by atoms with E-state index in [2.05, 4.69) is 40.6 Å². The fraction of sp³-hybridized carbons (Fsp3) is 0.286. The van der Waals surface area contributed by atoms with E-state index in [4.69, 9.17) is 0 Å². The molecule has 2 aromatic heterocycles. The van der Waals surface area contributed by atoms with Crippen LogP contribution in [0.5, 0.6) is 0 Å². The first-order valence-corrected chi connectivity index (χ1v) is 10.6. The summed E-state index contributed by atoms with van der Waals surface area (Å²) in [5, 5.41) is 0. The first-order chi connectivity index (χ1) is 9.86. The van der Waals surface area contributed by atoms with Crippen molar-refractivity contribution in [1.29, 1.82) is 0 Å². The summed E-state index contributed by atoms with van der Waals surface area (Å²) in [7, 11) is 7.20. The van der Waals surface area contributed by atoms with Crippen LogP contribution in [-0.2, 0) is 17.1 Å². The summed E-state index contributed by atoms with van der Waals surface area (Å²) in [4.78, 5) is 8.44. The van der Waals surface area contributed by atoms with Crippen LogP contribution in [-0.4, -0.2) is 34.6 Å². The van der Waals surface area contributed by atoms with Crippen LogP contribution in [0.2, 0.25) is 0 Å². The minimum absolute atomic E-state index is 0. The third kappa shape index (κ3) is 16.3. The van der Waals surface area contributed by atoms with Gasteiger partial charge < -0.3 is 24.8 Å². The summed E-state index contributed by atoms with van der Waals surface area (Å²) >= 11 is 0. The summed E-state index contributed by atoms with van der Waals surface area (Å²) in [6.45, 7) is 0. The summed E-state index contributed by atoms with van der Waals surface area (Å²) in [6.07, 6.45) is 8.53. The molecule has 1 radical (unpaired) electrons. The molecule has 2 aromatic rings. The number of nitrogens with zero attached hydrogens (tertiary/aromatic N) is 2. The quantitative estimate of drug-likeness (QED) is 0.320. The van der Waals surface area contributed by atoms with Crippen LogP contribution in [0.25, 0.3) is 0 Å². The van der Waals surface area contributed by atoms with E-state index in [1.807, 2.05) is 36.7 Å². The Bertz CT molecular complexity index is 412. The van der Waals surface area contributed by atoms with E-state index < -0.39 is 0 Å². The Morgan fingerprint density at radius 3 is 1.39 bits per heavy atom. The molecule has 2 rings (SSSR count). The average molecular weight is 477 g/mol. The summed E-state index contributed by atoms with van der Waals surface area (Å²) in [5.74, 6) is 0. The molecule has 23 heavy (non-hydrogen) atoms. The van der Waals surface area contributed by atoms with Gasteiger partial charge in [0.2, 0.25) is 0 Å². The van der Waals surface area contributed by atoms with E-state index in [0.29, 0.717) is 0 Å². The van der Waals surface area contributed by atoms with Crippen molar-refractivity contribution in [2.45, 2.75) is 0 Å². The largest absolute Gasteiger partial charge is 2.00 e. The van der Waals surface area contributed by atoms with E-state index >= 15 is 0 Å². The zero-order valence-corrected chi connectivity index (χ0v) is 19.3. The molecule has 4 atom stereocenters. The topological polar surface area (TPSA) is 25.8 Å². The van der Waals surface area contributed by atoms with Gasteiger partial charge in [0.15, 0.2) is 0 Å². The molecule has 0 aliphatic heterocycles. The minimum atomic E-state index is 0. The molecule has 0 fully saturated rings.